The Labute approximate surface area is 201 Å². The van der Waals surface area contributed by atoms with Crippen LogP contribution in [-0.2, 0) is 11.3 Å². The van der Waals surface area contributed by atoms with Crippen molar-refractivity contribution in [3.8, 4) is 22.6 Å². The predicted molar refractivity (Wildman–Crippen MR) is 133 cm³/mol. The first-order valence-electron chi connectivity index (χ1n) is 11.1. The first-order chi connectivity index (χ1) is 16.6. The van der Waals surface area contributed by atoms with E-state index in [1.54, 1.807) is 14.2 Å². The molecule has 1 aliphatic rings. The third kappa shape index (κ3) is 3.94. The van der Waals surface area contributed by atoms with Gasteiger partial charge in [0.25, 0.3) is 5.56 Å². The fourth-order valence-corrected chi connectivity index (χ4v) is 5.54. The van der Waals surface area contributed by atoms with Gasteiger partial charge in [0.1, 0.15) is 22.9 Å². The standard InChI is InChI=1S/C26H25N3O4S/c1-32-18-10-11-22(33-2)19(13-18)21-9-6-12-29(21)23(30)14-28-16-27-25-24(26(28)31)20(15-34-25)17-7-4-3-5-8-17/h3-5,7-8,10-11,13,15-16,21H,6,9,12,14H2,1-2H3. The minimum absolute atomic E-state index is 0.0609. The molecule has 8 heteroatoms. The van der Waals surface area contributed by atoms with Gasteiger partial charge < -0.3 is 14.4 Å². The summed E-state index contributed by atoms with van der Waals surface area (Å²) in [6.45, 7) is 0.566. The number of fused-ring (bicyclic) bond motifs is 1. The lowest BCUT2D eigenvalue weighted by Gasteiger charge is -2.27. The summed E-state index contributed by atoms with van der Waals surface area (Å²) >= 11 is 1.44. The number of likely N-dealkylation sites (tertiary alicyclic amines) is 1. The summed E-state index contributed by atoms with van der Waals surface area (Å²) in [5.41, 5.74) is 2.52. The molecule has 1 saturated heterocycles. The fraction of sp³-hybridized carbons (Fsp3) is 0.269. The number of hydrogen-bond donors (Lipinski definition) is 0. The molecule has 1 unspecified atom stereocenters. The van der Waals surface area contributed by atoms with Crippen molar-refractivity contribution >= 4 is 27.5 Å². The molecule has 4 aromatic rings. The number of amides is 1. The molecule has 34 heavy (non-hydrogen) atoms. The molecule has 1 amide bonds. The number of thiophene rings is 1. The zero-order valence-electron chi connectivity index (χ0n) is 19.1. The molecular formula is C26H25N3O4S. The van der Waals surface area contributed by atoms with Crippen molar-refractivity contribution in [2.24, 2.45) is 0 Å². The van der Waals surface area contributed by atoms with Gasteiger partial charge >= 0.3 is 0 Å². The maximum absolute atomic E-state index is 13.4. The van der Waals surface area contributed by atoms with E-state index in [4.69, 9.17) is 9.47 Å². The van der Waals surface area contributed by atoms with Gasteiger partial charge in [0.2, 0.25) is 5.91 Å². The Morgan fingerprint density at radius 1 is 1.15 bits per heavy atom. The Morgan fingerprint density at radius 2 is 1.97 bits per heavy atom. The lowest BCUT2D eigenvalue weighted by molar-refractivity contribution is -0.132. The fourth-order valence-electron chi connectivity index (χ4n) is 4.64. The minimum Gasteiger partial charge on any atom is -0.497 e. The molecule has 1 atom stereocenters. The van der Waals surface area contributed by atoms with Crippen LogP contribution in [0.25, 0.3) is 21.3 Å². The van der Waals surface area contributed by atoms with E-state index in [1.165, 1.54) is 22.2 Å². The number of rotatable bonds is 6. The molecule has 7 nitrogen and oxygen atoms in total. The average Bonchev–Trinajstić information content (AvgIpc) is 3.54. The van der Waals surface area contributed by atoms with Crippen LogP contribution < -0.4 is 15.0 Å². The van der Waals surface area contributed by atoms with E-state index < -0.39 is 0 Å². The molecule has 174 valence electrons. The van der Waals surface area contributed by atoms with Crippen molar-refractivity contribution in [1.29, 1.82) is 0 Å². The Balaban J connectivity index is 1.46. The molecule has 2 aromatic heterocycles. The molecule has 1 aliphatic heterocycles. The smallest absolute Gasteiger partial charge is 0.263 e. The van der Waals surface area contributed by atoms with Crippen LogP contribution in [0.15, 0.2) is 65.0 Å². The van der Waals surface area contributed by atoms with Crippen LogP contribution in [0.5, 0.6) is 11.5 Å². The summed E-state index contributed by atoms with van der Waals surface area (Å²) in [6, 6.07) is 15.3. The predicted octanol–water partition coefficient (Wildman–Crippen LogP) is 4.51. The molecule has 0 aliphatic carbocycles. The van der Waals surface area contributed by atoms with Gasteiger partial charge in [0, 0.05) is 23.1 Å². The zero-order valence-corrected chi connectivity index (χ0v) is 19.9. The van der Waals surface area contributed by atoms with Crippen molar-refractivity contribution in [3.63, 3.8) is 0 Å². The van der Waals surface area contributed by atoms with E-state index in [1.807, 2.05) is 58.8 Å². The third-order valence-electron chi connectivity index (χ3n) is 6.32. The Kier molecular flexibility index (Phi) is 6.06. The highest BCUT2D eigenvalue weighted by Gasteiger charge is 2.32. The topological polar surface area (TPSA) is 73.7 Å². The maximum atomic E-state index is 13.4. The highest BCUT2D eigenvalue weighted by molar-refractivity contribution is 7.17. The average molecular weight is 476 g/mol. The van der Waals surface area contributed by atoms with Crippen molar-refractivity contribution in [2.45, 2.75) is 25.4 Å². The van der Waals surface area contributed by atoms with Crippen LogP contribution >= 0.6 is 11.3 Å². The number of benzene rings is 2. The largest absolute Gasteiger partial charge is 0.497 e. The van der Waals surface area contributed by atoms with E-state index in [9.17, 15) is 9.59 Å². The van der Waals surface area contributed by atoms with Gasteiger partial charge in [0.05, 0.1) is 32.0 Å². The van der Waals surface area contributed by atoms with Gasteiger partial charge in [-0.05, 0) is 36.6 Å². The van der Waals surface area contributed by atoms with Crippen LogP contribution in [0.2, 0.25) is 0 Å². The summed E-state index contributed by atoms with van der Waals surface area (Å²) in [5.74, 6) is 1.32. The highest BCUT2D eigenvalue weighted by atomic mass is 32.1. The minimum atomic E-state index is -0.201. The quantitative estimate of drug-likeness (QED) is 0.410. The van der Waals surface area contributed by atoms with Crippen molar-refractivity contribution in [2.75, 3.05) is 20.8 Å². The van der Waals surface area contributed by atoms with Crippen LogP contribution in [0, 0.1) is 0 Å². The van der Waals surface area contributed by atoms with E-state index >= 15 is 0 Å². The van der Waals surface area contributed by atoms with Crippen LogP contribution in [-0.4, -0.2) is 41.1 Å². The number of ether oxygens (including phenoxy) is 2. The number of hydrogen-bond acceptors (Lipinski definition) is 6. The van der Waals surface area contributed by atoms with E-state index in [0.717, 1.165) is 35.3 Å². The number of carbonyl (C=O) groups excluding carboxylic acids is 1. The van der Waals surface area contributed by atoms with Crippen molar-refractivity contribution in [1.82, 2.24) is 14.5 Å². The van der Waals surface area contributed by atoms with Crippen LogP contribution in [0.3, 0.4) is 0 Å². The summed E-state index contributed by atoms with van der Waals surface area (Å²) in [6.07, 6.45) is 3.18. The molecular weight excluding hydrogens is 450 g/mol. The summed E-state index contributed by atoms with van der Waals surface area (Å²) in [7, 11) is 3.24. The molecule has 5 rings (SSSR count). The first kappa shape index (κ1) is 22.2. The lowest BCUT2D eigenvalue weighted by Crippen LogP contribution is -2.36. The molecule has 3 heterocycles. The Bertz CT molecular complexity index is 1400. The van der Waals surface area contributed by atoms with E-state index in [2.05, 4.69) is 4.98 Å². The van der Waals surface area contributed by atoms with Crippen LogP contribution in [0.1, 0.15) is 24.4 Å². The molecule has 0 N–H and O–H groups in total. The molecule has 1 fully saturated rings. The Morgan fingerprint density at radius 3 is 2.74 bits per heavy atom. The second-order valence-corrected chi connectivity index (χ2v) is 9.08. The maximum Gasteiger partial charge on any atom is 0.263 e. The monoisotopic (exact) mass is 475 g/mol. The summed E-state index contributed by atoms with van der Waals surface area (Å²) in [4.78, 5) is 33.8. The molecule has 0 bridgehead atoms. The number of methoxy groups -OCH3 is 2. The third-order valence-corrected chi connectivity index (χ3v) is 7.21. The van der Waals surface area contributed by atoms with Gasteiger partial charge in [-0.3, -0.25) is 14.2 Å². The first-order valence-corrected chi connectivity index (χ1v) is 12.0. The second-order valence-electron chi connectivity index (χ2n) is 8.23. The lowest BCUT2D eigenvalue weighted by atomic mass is 10.0. The molecule has 0 saturated carbocycles. The SMILES string of the molecule is COc1ccc(OC)c(C2CCCN2C(=O)Cn2cnc3scc(-c4ccccc4)c3c2=O)c1. The summed E-state index contributed by atoms with van der Waals surface area (Å²) < 4.78 is 12.4. The van der Waals surface area contributed by atoms with Gasteiger partial charge in [-0.1, -0.05) is 30.3 Å². The van der Waals surface area contributed by atoms with Gasteiger partial charge in [-0.2, -0.15) is 0 Å². The molecule has 0 radical (unpaired) electrons. The van der Waals surface area contributed by atoms with Crippen molar-refractivity contribution < 1.29 is 14.3 Å². The van der Waals surface area contributed by atoms with Gasteiger partial charge in [-0.25, -0.2) is 4.98 Å². The van der Waals surface area contributed by atoms with Gasteiger partial charge in [0.15, 0.2) is 0 Å². The number of carbonyl (C=O) groups is 1. The molecule has 0 spiro atoms. The highest BCUT2D eigenvalue weighted by Crippen LogP contribution is 2.39. The van der Waals surface area contributed by atoms with Crippen LogP contribution in [0.4, 0.5) is 0 Å². The van der Waals surface area contributed by atoms with Crippen molar-refractivity contribution in [3.05, 3.63) is 76.2 Å². The van der Waals surface area contributed by atoms with E-state index in [0.29, 0.717) is 22.5 Å². The Hall–Kier alpha value is -3.65. The van der Waals surface area contributed by atoms with E-state index in [-0.39, 0.29) is 24.1 Å². The van der Waals surface area contributed by atoms with Gasteiger partial charge in [-0.15, -0.1) is 11.3 Å². The molecule has 2 aromatic carbocycles. The summed E-state index contributed by atoms with van der Waals surface area (Å²) in [5, 5.41) is 2.51. The normalized spacial score (nSPS) is 15.6. The second kappa shape index (κ2) is 9.30. The number of aromatic nitrogens is 2. The number of nitrogens with zero attached hydrogens (tertiary/aromatic N) is 3. The zero-order chi connectivity index (χ0) is 23.7.